The Balaban J connectivity index is 1.49. The molecule has 2 bridgehead atoms. The smallest absolute Gasteiger partial charge is 0.223 e. The lowest BCUT2D eigenvalue weighted by Gasteiger charge is -2.24. The summed E-state index contributed by atoms with van der Waals surface area (Å²) in [5, 5.41) is 3.57. The van der Waals surface area contributed by atoms with E-state index in [0.29, 0.717) is 30.7 Å². The molecule has 0 aliphatic carbocycles. The number of carbonyl (C=O) groups excluding carboxylic acids is 2. The number of hydrogen-bond donors (Lipinski definition) is 1. The molecule has 2 fully saturated rings. The Morgan fingerprint density at radius 2 is 1.88 bits per heavy atom. The van der Waals surface area contributed by atoms with Gasteiger partial charge in [0.2, 0.25) is 5.91 Å². The van der Waals surface area contributed by atoms with Crippen LogP contribution in [0.3, 0.4) is 0 Å². The molecule has 2 saturated heterocycles. The van der Waals surface area contributed by atoms with E-state index in [4.69, 9.17) is 4.74 Å². The third kappa shape index (κ3) is 4.15. The summed E-state index contributed by atoms with van der Waals surface area (Å²) in [6.07, 6.45) is 3.96. The number of ketones is 1. The predicted molar refractivity (Wildman–Crippen MR) is 92.3 cm³/mol. The monoisotopic (exact) mass is 330 g/mol. The number of Topliss-reactive ketones (excluding diaryl/α,β-unsaturated/α-hetero) is 1. The van der Waals surface area contributed by atoms with E-state index in [1.54, 1.807) is 24.3 Å². The molecular formula is C19H26N2O3. The average molecular weight is 330 g/mol. The quantitative estimate of drug-likeness (QED) is 0.814. The average Bonchev–Trinajstić information content (AvgIpc) is 2.92. The number of ether oxygens (including phenoxy) is 1. The summed E-state index contributed by atoms with van der Waals surface area (Å²) in [4.78, 5) is 26.6. The van der Waals surface area contributed by atoms with E-state index in [1.165, 1.54) is 6.42 Å². The van der Waals surface area contributed by atoms with Gasteiger partial charge in [-0.15, -0.1) is 0 Å². The molecule has 1 N–H and O–H groups in total. The zero-order valence-corrected chi connectivity index (χ0v) is 14.3. The molecule has 1 amide bonds. The second-order valence-electron chi connectivity index (χ2n) is 6.65. The number of fused-ring (bicyclic) bond motifs is 2. The molecule has 2 aliphatic heterocycles. The zero-order chi connectivity index (χ0) is 16.9. The minimum absolute atomic E-state index is 0.0147. The highest BCUT2D eigenvalue weighted by molar-refractivity contribution is 5.98. The van der Waals surface area contributed by atoms with E-state index < -0.39 is 0 Å². The third-order valence-electron chi connectivity index (χ3n) is 4.93. The van der Waals surface area contributed by atoms with Gasteiger partial charge in [0.1, 0.15) is 5.75 Å². The zero-order valence-electron chi connectivity index (χ0n) is 14.3. The van der Waals surface area contributed by atoms with Gasteiger partial charge in [0.15, 0.2) is 5.78 Å². The molecule has 0 spiro atoms. The van der Waals surface area contributed by atoms with E-state index in [9.17, 15) is 9.59 Å². The normalized spacial score (nSPS) is 23.0. The summed E-state index contributed by atoms with van der Waals surface area (Å²) in [6.45, 7) is 4.13. The van der Waals surface area contributed by atoms with Gasteiger partial charge >= 0.3 is 0 Å². The van der Waals surface area contributed by atoms with Crippen LogP contribution in [0.4, 0.5) is 0 Å². The van der Waals surface area contributed by atoms with Gasteiger partial charge in [-0.2, -0.15) is 0 Å². The molecule has 2 unspecified atom stereocenters. The van der Waals surface area contributed by atoms with Gasteiger partial charge in [-0.3, -0.25) is 9.59 Å². The maximum absolute atomic E-state index is 12.4. The Hall–Kier alpha value is -1.88. The van der Waals surface area contributed by atoms with Crippen molar-refractivity contribution in [2.75, 3.05) is 19.7 Å². The number of likely N-dealkylation sites (tertiary alicyclic amines) is 1. The number of rotatable bonds is 6. The van der Waals surface area contributed by atoms with Gasteiger partial charge < -0.3 is 15.0 Å². The minimum Gasteiger partial charge on any atom is -0.494 e. The Bertz CT molecular complexity index is 585. The van der Waals surface area contributed by atoms with E-state index >= 15 is 0 Å². The van der Waals surface area contributed by atoms with Crippen LogP contribution < -0.4 is 10.1 Å². The first kappa shape index (κ1) is 17.0. The first-order valence-corrected chi connectivity index (χ1v) is 8.95. The van der Waals surface area contributed by atoms with Crippen LogP contribution in [0.5, 0.6) is 5.75 Å². The number of carbonyl (C=O) groups is 2. The van der Waals surface area contributed by atoms with Gasteiger partial charge in [0.05, 0.1) is 6.61 Å². The summed E-state index contributed by atoms with van der Waals surface area (Å²) < 4.78 is 5.38. The maximum atomic E-state index is 12.4. The summed E-state index contributed by atoms with van der Waals surface area (Å²) in [7, 11) is 0. The Morgan fingerprint density at radius 1 is 1.12 bits per heavy atom. The molecule has 3 rings (SSSR count). The molecule has 5 nitrogen and oxygen atoms in total. The SMILES string of the molecule is CCOc1ccc(C(=O)CCC(=O)N2CCC3CCC(C2)N3)cc1. The van der Waals surface area contributed by atoms with Crippen LogP contribution in [-0.2, 0) is 4.79 Å². The van der Waals surface area contributed by atoms with Gasteiger partial charge in [-0.25, -0.2) is 0 Å². The largest absolute Gasteiger partial charge is 0.494 e. The Kier molecular flexibility index (Phi) is 5.51. The molecule has 1 aromatic carbocycles. The van der Waals surface area contributed by atoms with Gasteiger partial charge in [-0.05, 0) is 50.5 Å². The summed E-state index contributed by atoms with van der Waals surface area (Å²) in [5.41, 5.74) is 0.642. The van der Waals surface area contributed by atoms with Crippen molar-refractivity contribution in [3.8, 4) is 5.75 Å². The van der Waals surface area contributed by atoms with Crippen LogP contribution in [0.2, 0.25) is 0 Å². The van der Waals surface area contributed by atoms with Crippen molar-refractivity contribution in [2.24, 2.45) is 0 Å². The minimum atomic E-state index is 0.0147. The number of nitrogens with zero attached hydrogens (tertiary/aromatic N) is 1. The van der Waals surface area contributed by atoms with Gasteiger partial charge in [0.25, 0.3) is 0 Å². The number of benzene rings is 1. The molecule has 2 atom stereocenters. The second-order valence-corrected chi connectivity index (χ2v) is 6.65. The van der Waals surface area contributed by atoms with E-state index in [1.807, 2.05) is 11.8 Å². The third-order valence-corrected chi connectivity index (χ3v) is 4.93. The van der Waals surface area contributed by atoms with E-state index in [-0.39, 0.29) is 18.1 Å². The van der Waals surface area contributed by atoms with Crippen molar-refractivity contribution in [1.29, 1.82) is 0 Å². The second kappa shape index (κ2) is 7.79. The summed E-state index contributed by atoms with van der Waals surface area (Å²) in [6, 6.07) is 8.15. The van der Waals surface area contributed by atoms with Crippen molar-refractivity contribution < 1.29 is 14.3 Å². The molecular weight excluding hydrogens is 304 g/mol. The standard InChI is InChI=1S/C19H26N2O3/c1-2-24-17-7-3-14(4-8-17)18(22)9-10-19(23)21-12-11-15-5-6-16(13-21)20-15/h3-4,7-8,15-16,20H,2,5-6,9-13H2,1H3. The molecule has 0 radical (unpaired) electrons. The summed E-state index contributed by atoms with van der Waals surface area (Å²) >= 11 is 0. The van der Waals surface area contributed by atoms with Crippen LogP contribution in [0.15, 0.2) is 24.3 Å². The first-order chi connectivity index (χ1) is 11.7. The lowest BCUT2D eigenvalue weighted by atomic mass is 10.0. The molecule has 1 aromatic rings. The van der Waals surface area contributed by atoms with Crippen LogP contribution in [0, 0.1) is 0 Å². The maximum Gasteiger partial charge on any atom is 0.223 e. The molecule has 2 aliphatic rings. The fraction of sp³-hybridized carbons (Fsp3) is 0.579. The Labute approximate surface area is 143 Å². The van der Waals surface area contributed by atoms with Crippen molar-refractivity contribution in [3.63, 3.8) is 0 Å². The van der Waals surface area contributed by atoms with Gasteiger partial charge in [0, 0.05) is 43.6 Å². The molecule has 0 saturated carbocycles. The topological polar surface area (TPSA) is 58.6 Å². The molecule has 2 heterocycles. The fourth-order valence-corrected chi connectivity index (χ4v) is 3.60. The molecule has 24 heavy (non-hydrogen) atoms. The number of hydrogen-bond acceptors (Lipinski definition) is 4. The van der Waals surface area contributed by atoms with Crippen LogP contribution in [0.25, 0.3) is 0 Å². The van der Waals surface area contributed by atoms with Crippen molar-refractivity contribution in [2.45, 2.75) is 51.1 Å². The van der Waals surface area contributed by atoms with Crippen molar-refractivity contribution in [1.82, 2.24) is 10.2 Å². The Morgan fingerprint density at radius 3 is 2.62 bits per heavy atom. The van der Waals surface area contributed by atoms with Crippen LogP contribution in [-0.4, -0.2) is 48.4 Å². The van der Waals surface area contributed by atoms with Crippen molar-refractivity contribution in [3.05, 3.63) is 29.8 Å². The molecule has 130 valence electrons. The first-order valence-electron chi connectivity index (χ1n) is 8.95. The predicted octanol–water partition coefficient (Wildman–Crippen LogP) is 2.40. The fourth-order valence-electron chi connectivity index (χ4n) is 3.60. The van der Waals surface area contributed by atoms with Crippen LogP contribution >= 0.6 is 0 Å². The highest BCUT2D eigenvalue weighted by Crippen LogP contribution is 2.21. The van der Waals surface area contributed by atoms with E-state index in [0.717, 1.165) is 31.7 Å². The van der Waals surface area contributed by atoms with E-state index in [2.05, 4.69) is 5.32 Å². The number of amides is 1. The molecule has 0 aromatic heterocycles. The summed E-state index contributed by atoms with van der Waals surface area (Å²) in [5.74, 6) is 0.877. The lowest BCUT2D eigenvalue weighted by Crippen LogP contribution is -2.39. The molecule has 5 heteroatoms. The number of nitrogens with one attached hydrogen (secondary N) is 1. The highest BCUT2D eigenvalue weighted by Gasteiger charge is 2.31. The lowest BCUT2D eigenvalue weighted by molar-refractivity contribution is -0.131. The van der Waals surface area contributed by atoms with Crippen molar-refractivity contribution >= 4 is 11.7 Å². The highest BCUT2D eigenvalue weighted by atomic mass is 16.5. The van der Waals surface area contributed by atoms with Gasteiger partial charge in [-0.1, -0.05) is 0 Å². The van der Waals surface area contributed by atoms with Crippen LogP contribution in [0.1, 0.15) is 49.4 Å².